The zero-order valence-electron chi connectivity index (χ0n) is 11.9. The van der Waals surface area contributed by atoms with Crippen LogP contribution in [-0.2, 0) is 0 Å². The van der Waals surface area contributed by atoms with Crippen molar-refractivity contribution in [1.82, 2.24) is 4.98 Å². The van der Waals surface area contributed by atoms with Crippen LogP contribution >= 0.6 is 0 Å². The molecule has 3 nitrogen and oxygen atoms in total. The topological polar surface area (TPSA) is 50.2 Å². The van der Waals surface area contributed by atoms with Gasteiger partial charge in [-0.1, -0.05) is 0 Å². The van der Waals surface area contributed by atoms with Gasteiger partial charge in [0.1, 0.15) is 17.5 Å². The van der Waals surface area contributed by atoms with Gasteiger partial charge in [0.15, 0.2) is 0 Å². The lowest BCUT2D eigenvalue weighted by atomic mass is 9.97. The number of carboxylic acid groups (broad SMARTS) is 1. The Morgan fingerprint density at radius 2 is 1.65 bits per heavy atom. The molecular formula is C17H10F3NO2. The summed E-state index contributed by atoms with van der Waals surface area (Å²) in [5.41, 5.74) is 0.553. The lowest BCUT2D eigenvalue weighted by molar-refractivity contribution is 0.0698. The van der Waals surface area contributed by atoms with Gasteiger partial charge in [-0.2, -0.15) is 0 Å². The summed E-state index contributed by atoms with van der Waals surface area (Å²) in [5.74, 6) is -3.45. The summed E-state index contributed by atoms with van der Waals surface area (Å²) in [6, 6.07) is 6.41. The van der Waals surface area contributed by atoms with Gasteiger partial charge < -0.3 is 5.11 Å². The van der Waals surface area contributed by atoms with Gasteiger partial charge in [-0.15, -0.1) is 0 Å². The Balaban J connectivity index is 2.40. The molecule has 0 saturated carbocycles. The van der Waals surface area contributed by atoms with E-state index in [0.717, 1.165) is 24.3 Å². The van der Waals surface area contributed by atoms with Gasteiger partial charge in [0, 0.05) is 17.0 Å². The second kappa shape index (κ2) is 5.39. The predicted molar refractivity (Wildman–Crippen MR) is 78.7 cm³/mol. The van der Waals surface area contributed by atoms with Gasteiger partial charge in [0.2, 0.25) is 0 Å². The quantitative estimate of drug-likeness (QED) is 0.765. The second-order valence-electron chi connectivity index (χ2n) is 5.09. The summed E-state index contributed by atoms with van der Waals surface area (Å²) >= 11 is 0. The van der Waals surface area contributed by atoms with Gasteiger partial charge in [-0.05, 0) is 42.8 Å². The van der Waals surface area contributed by atoms with Crippen LogP contribution in [0.2, 0.25) is 0 Å². The van der Waals surface area contributed by atoms with E-state index in [0.29, 0.717) is 6.07 Å². The molecule has 1 heterocycles. The van der Waals surface area contributed by atoms with E-state index in [4.69, 9.17) is 0 Å². The number of halogens is 3. The van der Waals surface area contributed by atoms with Crippen LogP contribution in [0, 0.1) is 24.4 Å². The molecule has 0 aliphatic heterocycles. The summed E-state index contributed by atoms with van der Waals surface area (Å²) in [6.07, 6.45) is 0. The van der Waals surface area contributed by atoms with E-state index < -0.39 is 23.4 Å². The lowest BCUT2D eigenvalue weighted by Gasteiger charge is -2.12. The molecule has 2 aromatic carbocycles. The largest absolute Gasteiger partial charge is 0.478 e. The van der Waals surface area contributed by atoms with E-state index >= 15 is 0 Å². The van der Waals surface area contributed by atoms with E-state index in [1.807, 2.05) is 0 Å². The molecule has 0 aliphatic carbocycles. The van der Waals surface area contributed by atoms with E-state index in [-0.39, 0.29) is 33.3 Å². The van der Waals surface area contributed by atoms with Gasteiger partial charge >= 0.3 is 5.97 Å². The molecule has 0 unspecified atom stereocenters. The Morgan fingerprint density at radius 3 is 2.26 bits per heavy atom. The summed E-state index contributed by atoms with van der Waals surface area (Å²) < 4.78 is 40.3. The second-order valence-corrected chi connectivity index (χ2v) is 5.09. The van der Waals surface area contributed by atoms with Crippen molar-refractivity contribution in [3.05, 3.63) is 65.0 Å². The predicted octanol–water partition coefficient (Wildman–Crippen LogP) is 4.33. The summed E-state index contributed by atoms with van der Waals surface area (Å²) in [4.78, 5) is 15.8. The average Bonchev–Trinajstić information content (AvgIpc) is 2.45. The van der Waals surface area contributed by atoms with Crippen LogP contribution in [0.3, 0.4) is 0 Å². The zero-order chi connectivity index (χ0) is 16.7. The van der Waals surface area contributed by atoms with Gasteiger partial charge in [0.05, 0.1) is 16.8 Å². The molecule has 0 fully saturated rings. The van der Waals surface area contributed by atoms with Crippen molar-refractivity contribution in [3.63, 3.8) is 0 Å². The molecule has 0 saturated heterocycles. The minimum atomic E-state index is -1.27. The fraction of sp³-hybridized carbons (Fsp3) is 0.0588. The third kappa shape index (κ3) is 2.63. The fourth-order valence-corrected chi connectivity index (χ4v) is 2.58. The number of carbonyl (C=O) groups is 1. The highest BCUT2D eigenvalue weighted by molar-refractivity contribution is 6.05. The molecule has 1 N–H and O–H groups in total. The van der Waals surface area contributed by atoms with Crippen molar-refractivity contribution in [2.24, 2.45) is 0 Å². The first-order valence-corrected chi connectivity index (χ1v) is 6.66. The molecular weight excluding hydrogens is 307 g/mol. The molecule has 0 spiro atoms. The molecule has 0 aliphatic rings. The number of aromatic nitrogens is 1. The normalized spacial score (nSPS) is 11.0. The number of pyridine rings is 1. The lowest BCUT2D eigenvalue weighted by Crippen LogP contribution is -2.05. The monoisotopic (exact) mass is 317 g/mol. The Hall–Kier alpha value is -2.89. The third-order valence-electron chi connectivity index (χ3n) is 3.54. The number of aromatic carboxylic acids is 1. The maximum atomic E-state index is 13.4. The first-order chi connectivity index (χ1) is 10.9. The molecule has 0 radical (unpaired) electrons. The molecule has 23 heavy (non-hydrogen) atoms. The van der Waals surface area contributed by atoms with Crippen LogP contribution in [0.4, 0.5) is 13.2 Å². The summed E-state index contributed by atoms with van der Waals surface area (Å²) in [5, 5.41) is 9.57. The number of rotatable bonds is 2. The average molecular weight is 317 g/mol. The van der Waals surface area contributed by atoms with Crippen molar-refractivity contribution in [2.75, 3.05) is 0 Å². The van der Waals surface area contributed by atoms with E-state index in [2.05, 4.69) is 4.98 Å². The molecule has 1 aromatic heterocycles. The van der Waals surface area contributed by atoms with Crippen LogP contribution in [0.25, 0.3) is 22.2 Å². The summed E-state index contributed by atoms with van der Waals surface area (Å²) in [7, 11) is 0. The van der Waals surface area contributed by atoms with Crippen LogP contribution in [0.15, 0.2) is 36.4 Å². The smallest absolute Gasteiger partial charge is 0.336 e. The van der Waals surface area contributed by atoms with Crippen molar-refractivity contribution in [1.29, 1.82) is 0 Å². The standard InChI is InChI=1S/C17H10F3NO2/c1-8-15(17(22)23)13-7-10(18)2-3-14(13)21-16(8)9-4-11(19)6-12(20)5-9/h2-7H,1H3,(H,22,23). The van der Waals surface area contributed by atoms with Crippen molar-refractivity contribution in [3.8, 4) is 11.3 Å². The highest BCUT2D eigenvalue weighted by atomic mass is 19.1. The molecule has 6 heteroatoms. The Kier molecular flexibility index (Phi) is 3.52. The van der Waals surface area contributed by atoms with Gasteiger partial charge in [-0.25, -0.2) is 22.9 Å². The highest BCUT2D eigenvalue weighted by Crippen LogP contribution is 2.30. The fourth-order valence-electron chi connectivity index (χ4n) is 2.58. The van der Waals surface area contributed by atoms with Crippen LogP contribution in [0.1, 0.15) is 15.9 Å². The third-order valence-corrected chi connectivity index (χ3v) is 3.54. The minimum absolute atomic E-state index is 0.119. The first kappa shape index (κ1) is 15.0. The summed E-state index contributed by atoms with van der Waals surface area (Å²) in [6.45, 7) is 1.47. The molecule has 0 atom stereocenters. The molecule has 0 amide bonds. The number of hydrogen-bond donors (Lipinski definition) is 1. The number of nitrogens with zero attached hydrogens (tertiary/aromatic N) is 1. The number of carboxylic acids is 1. The molecule has 3 rings (SSSR count). The molecule has 0 bridgehead atoms. The molecule has 116 valence electrons. The van der Waals surface area contributed by atoms with Crippen LogP contribution in [-0.4, -0.2) is 16.1 Å². The minimum Gasteiger partial charge on any atom is -0.478 e. The Bertz CT molecular complexity index is 934. The van der Waals surface area contributed by atoms with Crippen LogP contribution in [0.5, 0.6) is 0 Å². The highest BCUT2D eigenvalue weighted by Gasteiger charge is 2.19. The maximum Gasteiger partial charge on any atom is 0.336 e. The number of fused-ring (bicyclic) bond motifs is 1. The Morgan fingerprint density at radius 1 is 1.00 bits per heavy atom. The SMILES string of the molecule is Cc1c(-c2cc(F)cc(F)c2)nc2ccc(F)cc2c1C(=O)O. The number of hydrogen-bond acceptors (Lipinski definition) is 2. The number of benzene rings is 2. The first-order valence-electron chi connectivity index (χ1n) is 6.66. The molecule has 3 aromatic rings. The Labute approximate surface area is 129 Å². The van der Waals surface area contributed by atoms with E-state index in [1.54, 1.807) is 0 Å². The van der Waals surface area contributed by atoms with Crippen molar-refractivity contribution < 1.29 is 23.1 Å². The van der Waals surface area contributed by atoms with Crippen molar-refractivity contribution >= 4 is 16.9 Å². The van der Waals surface area contributed by atoms with Crippen molar-refractivity contribution in [2.45, 2.75) is 6.92 Å². The van der Waals surface area contributed by atoms with E-state index in [9.17, 15) is 23.1 Å². The maximum absolute atomic E-state index is 13.4. The zero-order valence-corrected chi connectivity index (χ0v) is 11.9. The van der Waals surface area contributed by atoms with Gasteiger partial charge in [0.25, 0.3) is 0 Å². The van der Waals surface area contributed by atoms with Crippen LogP contribution < -0.4 is 0 Å². The van der Waals surface area contributed by atoms with E-state index in [1.165, 1.54) is 13.0 Å². The van der Waals surface area contributed by atoms with Gasteiger partial charge in [-0.3, -0.25) is 0 Å².